The Labute approximate surface area is 128 Å². The van der Waals surface area contributed by atoms with Crippen LogP contribution < -0.4 is 4.72 Å². The van der Waals surface area contributed by atoms with Gasteiger partial charge in [-0.1, -0.05) is 33.6 Å². The molecule has 1 atom stereocenters. The zero-order valence-corrected chi connectivity index (χ0v) is 14.2. The summed E-state index contributed by atoms with van der Waals surface area (Å²) in [6.07, 6.45) is 5.50. The molecule has 1 aliphatic carbocycles. The van der Waals surface area contributed by atoms with Crippen LogP contribution in [0, 0.1) is 5.41 Å². The lowest BCUT2D eigenvalue weighted by atomic mass is 9.93. The lowest BCUT2D eigenvalue weighted by Gasteiger charge is -2.36. The second kappa shape index (κ2) is 6.24. The van der Waals surface area contributed by atoms with E-state index in [1.165, 1.54) is 0 Å². The highest BCUT2D eigenvalue weighted by Gasteiger charge is 2.37. The highest BCUT2D eigenvalue weighted by atomic mass is 32.2. The van der Waals surface area contributed by atoms with Crippen LogP contribution in [0.5, 0.6) is 0 Å². The summed E-state index contributed by atoms with van der Waals surface area (Å²) in [5.74, 6) is 0.0447. The molecule has 0 radical (unpaired) electrons. The van der Waals surface area contributed by atoms with Gasteiger partial charge in [0.1, 0.15) is 0 Å². The van der Waals surface area contributed by atoms with Crippen molar-refractivity contribution in [1.82, 2.24) is 9.62 Å². The number of carbonyl (C=O) groups excluding carboxylic acids is 1. The van der Waals surface area contributed by atoms with Gasteiger partial charge in [0.05, 0.1) is 5.25 Å². The van der Waals surface area contributed by atoms with E-state index in [9.17, 15) is 13.2 Å². The standard InChI is InChI=1S/C15H28N2O3S/c1-15(2,3)14(18)17-10-6-9-13(11-17)21(19,20)16-12-7-4-5-8-12/h12-13,16H,4-11H2,1-3H3/t13-/m0/s1. The quantitative estimate of drug-likeness (QED) is 0.864. The molecule has 5 nitrogen and oxygen atoms in total. The van der Waals surface area contributed by atoms with Gasteiger partial charge in [-0.15, -0.1) is 0 Å². The Morgan fingerprint density at radius 2 is 1.71 bits per heavy atom. The van der Waals surface area contributed by atoms with Gasteiger partial charge < -0.3 is 4.90 Å². The minimum absolute atomic E-state index is 0.0447. The maximum atomic E-state index is 12.5. The maximum absolute atomic E-state index is 12.5. The average Bonchev–Trinajstić information content (AvgIpc) is 2.89. The van der Waals surface area contributed by atoms with Crippen LogP contribution in [-0.2, 0) is 14.8 Å². The number of amides is 1. The number of hydrogen-bond donors (Lipinski definition) is 1. The molecule has 1 heterocycles. The fraction of sp³-hybridized carbons (Fsp3) is 0.933. The molecule has 0 aromatic rings. The molecule has 2 aliphatic rings. The lowest BCUT2D eigenvalue weighted by Crippen LogP contribution is -2.52. The SMILES string of the molecule is CC(C)(C)C(=O)N1CCC[C@H](S(=O)(=O)NC2CCCC2)C1. The Kier molecular flexibility index (Phi) is 4.98. The first-order chi connectivity index (χ1) is 9.70. The molecule has 1 saturated heterocycles. The summed E-state index contributed by atoms with van der Waals surface area (Å²) in [7, 11) is -3.32. The smallest absolute Gasteiger partial charge is 0.227 e. The molecule has 0 spiro atoms. The fourth-order valence-electron chi connectivity index (χ4n) is 3.22. The zero-order chi connectivity index (χ0) is 15.7. The van der Waals surface area contributed by atoms with Crippen molar-refractivity contribution in [3.63, 3.8) is 0 Å². The summed E-state index contributed by atoms with van der Waals surface area (Å²) >= 11 is 0. The number of hydrogen-bond acceptors (Lipinski definition) is 3. The first kappa shape index (κ1) is 16.7. The van der Waals surface area contributed by atoms with Crippen LogP contribution >= 0.6 is 0 Å². The normalized spacial score (nSPS) is 25.3. The van der Waals surface area contributed by atoms with Crippen molar-refractivity contribution >= 4 is 15.9 Å². The van der Waals surface area contributed by atoms with Crippen molar-refractivity contribution < 1.29 is 13.2 Å². The number of nitrogens with zero attached hydrogens (tertiary/aromatic N) is 1. The van der Waals surface area contributed by atoms with E-state index in [0.717, 1.165) is 32.1 Å². The van der Waals surface area contributed by atoms with Crippen molar-refractivity contribution in [2.24, 2.45) is 5.41 Å². The van der Waals surface area contributed by atoms with Gasteiger partial charge in [-0.25, -0.2) is 13.1 Å². The molecular formula is C15H28N2O3S. The number of sulfonamides is 1. The molecule has 0 aromatic carbocycles. The first-order valence-electron chi connectivity index (χ1n) is 8.01. The van der Waals surface area contributed by atoms with E-state index in [-0.39, 0.29) is 11.9 Å². The molecular weight excluding hydrogens is 288 g/mol. The van der Waals surface area contributed by atoms with Gasteiger partial charge in [-0.05, 0) is 25.7 Å². The molecule has 0 aromatic heterocycles. The van der Waals surface area contributed by atoms with E-state index >= 15 is 0 Å². The lowest BCUT2D eigenvalue weighted by molar-refractivity contribution is -0.140. The molecule has 21 heavy (non-hydrogen) atoms. The average molecular weight is 316 g/mol. The summed E-state index contributed by atoms with van der Waals surface area (Å²) in [5.41, 5.74) is -0.454. The van der Waals surface area contributed by atoms with Crippen LogP contribution in [0.4, 0.5) is 0 Å². The number of likely N-dealkylation sites (tertiary alicyclic amines) is 1. The summed E-state index contributed by atoms with van der Waals surface area (Å²) in [4.78, 5) is 14.1. The van der Waals surface area contributed by atoms with Gasteiger partial charge in [-0.2, -0.15) is 0 Å². The molecule has 6 heteroatoms. The second-order valence-corrected chi connectivity index (χ2v) is 9.40. The number of rotatable bonds is 3. The molecule has 1 N–H and O–H groups in total. The fourth-order valence-corrected chi connectivity index (χ4v) is 4.97. The first-order valence-corrected chi connectivity index (χ1v) is 9.55. The van der Waals surface area contributed by atoms with E-state index in [1.807, 2.05) is 20.8 Å². The molecule has 0 bridgehead atoms. The Balaban J connectivity index is 2.01. The largest absolute Gasteiger partial charge is 0.341 e. The van der Waals surface area contributed by atoms with Gasteiger partial charge >= 0.3 is 0 Å². The number of nitrogens with one attached hydrogen (secondary N) is 1. The van der Waals surface area contributed by atoms with Gasteiger partial charge in [0.2, 0.25) is 15.9 Å². The molecule has 2 fully saturated rings. The van der Waals surface area contributed by atoms with Crippen LogP contribution in [0.25, 0.3) is 0 Å². The minimum atomic E-state index is -3.32. The van der Waals surface area contributed by atoms with Crippen LogP contribution in [0.1, 0.15) is 59.3 Å². The van der Waals surface area contributed by atoms with Gasteiger partial charge in [-0.3, -0.25) is 4.79 Å². The monoisotopic (exact) mass is 316 g/mol. The Morgan fingerprint density at radius 1 is 1.10 bits per heavy atom. The van der Waals surface area contributed by atoms with E-state index in [0.29, 0.717) is 19.5 Å². The van der Waals surface area contributed by atoms with E-state index in [4.69, 9.17) is 0 Å². The van der Waals surface area contributed by atoms with Crippen LogP contribution in [-0.4, -0.2) is 43.6 Å². The predicted molar refractivity (Wildman–Crippen MR) is 83.4 cm³/mol. The van der Waals surface area contributed by atoms with Crippen LogP contribution in [0.3, 0.4) is 0 Å². The van der Waals surface area contributed by atoms with Crippen molar-refractivity contribution in [2.75, 3.05) is 13.1 Å². The number of carbonyl (C=O) groups is 1. The van der Waals surface area contributed by atoms with Crippen LogP contribution in [0.2, 0.25) is 0 Å². The summed E-state index contributed by atoms with van der Waals surface area (Å²) in [6, 6.07) is 0.101. The van der Waals surface area contributed by atoms with Crippen molar-refractivity contribution in [3.8, 4) is 0 Å². The summed E-state index contributed by atoms with van der Waals surface area (Å²) in [6.45, 7) is 6.64. The second-order valence-electron chi connectivity index (χ2n) is 7.41. The third-order valence-corrected chi connectivity index (χ3v) is 6.36. The molecule has 1 aliphatic heterocycles. The molecule has 122 valence electrons. The Bertz CT molecular complexity index is 476. The molecule has 0 unspecified atom stereocenters. The van der Waals surface area contributed by atoms with Crippen molar-refractivity contribution in [3.05, 3.63) is 0 Å². The molecule has 1 amide bonds. The predicted octanol–water partition coefficient (Wildman–Crippen LogP) is 1.89. The Hall–Kier alpha value is -0.620. The summed E-state index contributed by atoms with van der Waals surface area (Å²) in [5, 5.41) is -0.460. The van der Waals surface area contributed by atoms with Crippen LogP contribution in [0.15, 0.2) is 0 Å². The Morgan fingerprint density at radius 3 is 2.29 bits per heavy atom. The minimum Gasteiger partial charge on any atom is -0.341 e. The van der Waals surface area contributed by atoms with Crippen molar-refractivity contribution in [2.45, 2.75) is 70.6 Å². The highest BCUT2D eigenvalue weighted by Crippen LogP contribution is 2.25. The van der Waals surface area contributed by atoms with Gasteiger partial charge in [0.25, 0.3) is 0 Å². The van der Waals surface area contributed by atoms with Crippen molar-refractivity contribution in [1.29, 1.82) is 0 Å². The molecule has 1 saturated carbocycles. The summed E-state index contributed by atoms with van der Waals surface area (Å²) < 4.78 is 27.9. The van der Waals surface area contributed by atoms with E-state index < -0.39 is 20.7 Å². The number of piperidine rings is 1. The third-order valence-electron chi connectivity index (χ3n) is 4.43. The topological polar surface area (TPSA) is 66.5 Å². The van der Waals surface area contributed by atoms with E-state index in [2.05, 4.69) is 4.72 Å². The highest BCUT2D eigenvalue weighted by molar-refractivity contribution is 7.90. The van der Waals surface area contributed by atoms with Gasteiger partial charge in [0.15, 0.2) is 0 Å². The van der Waals surface area contributed by atoms with E-state index in [1.54, 1.807) is 4.90 Å². The van der Waals surface area contributed by atoms with Gasteiger partial charge in [0, 0.05) is 24.5 Å². The third kappa shape index (κ3) is 4.19. The molecule has 2 rings (SSSR count). The maximum Gasteiger partial charge on any atom is 0.227 e. The zero-order valence-electron chi connectivity index (χ0n) is 13.4.